The standard InChI is InChI=1S/C27H28N4OS/c1-18-12-19(2)24-14-23(26(32)30-25(24)13-18)17-31(16-21-8-7-11-28-15-21)27(33)29-20(3)22-9-5-4-6-10-22/h4-15,20H,16-17H2,1-3H3,(H,29,33)(H,30,32)/t20-/m1/s1. The Morgan fingerprint density at radius 2 is 1.88 bits per heavy atom. The van der Waals surface area contributed by atoms with Gasteiger partial charge >= 0.3 is 0 Å². The molecule has 2 aromatic heterocycles. The lowest BCUT2D eigenvalue weighted by Crippen LogP contribution is -2.41. The van der Waals surface area contributed by atoms with Crippen LogP contribution in [-0.4, -0.2) is 20.0 Å². The van der Waals surface area contributed by atoms with Crippen LogP contribution >= 0.6 is 12.2 Å². The number of H-pyrrole nitrogens is 1. The highest BCUT2D eigenvalue weighted by molar-refractivity contribution is 7.80. The Labute approximate surface area is 199 Å². The predicted octanol–water partition coefficient (Wildman–Crippen LogP) is 5.18. The van der Waals surface area contributed by atoms with Crippen LogP contribution in [0.1, 0.15) is 40.8 Å². The fourth-order valence-electron chi connectivity index (χ4n) is 4.05. The Morgan fingerprint density at radius 1 is 1.09 bits per heavy atom. The van der Waals surface area contributed by atoms with Gasteiger partial charge in [-0.3, -0.25) is 9.78 Å². The predicted molar refractivity (Wildman–Crippen MR) is 138 cm³/mol. The van der Waals surface area contributed by atoms with E-state index in [1.165, 1.54) is 0 Å². The van der Waals surface area contributed by atoms with Gasteiger partial charge in [0.1, 0.15) is 0 Å². The molecule has 0 aliphatic heterocycles. The van der Waals surface area contributed by atoms with Gasteiger partial charge in [0.25, 0.3) is 5.56 Å². The molecular formula is C27H28N4OS. The molecule has 33 heavy (non-hydrogen) atoms. The lowest BCUT2D eigenvalue weighted by Gasteiger charge is -2.28. The summed E-state index contributed by atoms with van der Waals surface area (Å²) in [5.74, 6) is 0. The van der Waals surface area contributed by atoms with Gasteiger partial charge in [-0.05, 0) is 73.4 Å². The minimum Gasteiger partial charge on any atom is -0.356 e. The maximum atomic E-state index is 13.0. The van der Waals surface area contributed by atoms with Crippen LogP contribution in [0.15, 0.2) is 77.9 Å². The molecule has 4 rings (SSSR count). The molecule has 0 saturated heterocycles. The molecule has 0 spiro atoms. The lowest BCUT2D eigenvalue weighted by atomic mass is 10.0. The number of nitrogens with zero attached hydrogens (tertiary/aromatic N) is 2. The smallest absolute Gasteiger partial charge is 0.253 e. The molecule has 0 aliphatic rings. The monoisotopic (exact) mass is 456 g/mol. The Kier molecular flexibility index (Phi) is 6.84. The minimum absolute atomic E-state index is 0.0372. The molecule has 0 radical (unpaired) electrons. The molecule has 4 aromatic rings. The average molecular weight is 457 g/mol. The fourth-order valence-corrected chi connectivity index (χ4v) is 4.36. The third-order valence-corrected chi connectivity index (χ3v) is 6.15. The highest BCUT2D eigenvalue weighted by atomic mass is 32.1. The Bertz CT molecular complexity index is 1320. The number of aryl methyl sites for hydroxylation is 2. The largest absolute Gasteiger partial charge is 0.356 e. The number of hydrogen-bond acceptors (Lipinski definition) is 3. The van der Waals surface area contributed by atoms with E-state index in [1.54, 1.807) is 6.20 Å². The van der Waals surface area contributed by atoms with E-state index in [4.69, 9.17) is 12.2 Å². The van der Waals surface area contributed by atoms with Crippen molar-refractivity contribution in [1.29, 1.82) is 0 Å². The first-order valence-electron chi connectivity index (χ1n) is 11.0. The minimum atomic E-state index is -0.0948. The highest BCUT2D eigenvalue weighted by Crippen LogP contribution is 2.20. The van der Waals surface area contributed by atoms with Gasteiger partial charge in [0.15, 0.2) is 5.11 Å². The molecule has 0 fully saturated rings. The first-order valence-corrected chi connectivity index (χ1v) is 11.4. The molecule has 0 bridgehead atoms. The molecule has 2 heterocycles. The van der Waals surface area contributed by atoms with Crippen molar-refractivity contribution in [1.82, 2.24) is 20.2 Å². The van der Waals surface area contributed by atoms with Crippen LogP contribution in [0.2, 0.25) is 0 Å². The second-order valence-corrected chi connectivity index (χ2v) is 8.85. The third-order valence-electron chi connectivity index (χ3n) is 5.77. The van der Waals surface area contributed by atoms with Crippen molar-refractivity contribution in [2.75, 3.05) is 0 Å². The van der Waals surface area contributed by atoms with E-state index in [1.807, 2.05) is 60.5 Å². The summed E-state index contributed by atoms with van der Waals surface area (Å²) in [6, 6.07) is 20.3. The Balaban J connectivity index is 1.64. The molecule has 168 valence electrons. The quantitative estimate of drug-likeness (QED) is 0.392. The van der Waals surface area contributed by atoms with Gasteiger partial charge in [-0.1, -0.05) is 42.5 Å². The summed E-state index contributed by atoms with van der Waals surface area (Å²) in [7, 11) is 0. The molecular weight excluding hydrogens is 428 g/mol. The number of hydrogen-bond donors (Lipinski definition) is 2. The number of aromatic amines is 1. The summed E-state index contributed by atoms with van der Waals surface area (Å²) in [6.07, 6.45) is 3.58. The first kappa shape index (κ1) is 22.7. The number of fused-ring (bicyclic) bond motifs is 1. The van der Waals surface area contributed by atoms with E-state index in [2.05, 4.69) is 47.3 Å². The van der Waals surface area contributed by atoms with Crippen molar-refractivity contribution in [3.05, 3.63) is 111 Å². The van der Waals surface area contributed by atoms with Crippen molar-refractivity contribution in [2.45, 2.75) is 39.9 Å². The summed E-state index contributed by atoms with van der Waals surface area (Å²) < 4.78 is 0. The van der Waals surface area contributed by atoms with Crippen molar-refractivity contribution in [3.63, 3.8) is 0 Å². The Morgan fingerprint density at radius 3 is 2.61 bits per heavy atom. The molecule has 2 aromatic carbocycles. The normalized spacial score (nSPS) is 11.8. The number of aromatic nitrogens is 2. The van der Waals surface area contributed by atoms with Gasteiger partial charge in [0.2, 0.25) is 0 Å². The van der Waals surface area contributed by atoms with Crippen molar-refractivity contribution >= 4 is 28.2 Å². The van der Waals surface area contributed by atoms with Crippen LogP contribution in [0.3, 0.4) is 0 Å². The van der Waals surface area contributed by atoms with Crippen LogP contribution in [-0.2, 0) is 13.1 Å². The number of benzene rings is 2. The number of thiocarbonyl (C=S) groups is 1. The molecule has 0 amide bonds. The van der Waals surface area contributed by atoms with E-state index in [-0.39, 0.29) is 11.6 Å². The zero-order valence-corrected chi connectivity index (χ0v) is 19.9. The van der Waals surface area contributed by atoms with E-state index in [0.29, 0.717) is 23.8 Å². The Hall–Kier alpha value is -3.51. The number of nitrogens with one attached hydrogen (secondary N) is 2. The van der Waals surface area contributed by atoms with E-state index < -0.39 is 0 Å². The molecule has 0 saturated carbocycles. The summed E-state index contributed by atoms with van der Waals surface area (Å²) >= 11 is 5.81. The summed E-state index contributed by atoms with van der Waals surface area (Å²) in [5, 5.41) is 5.08. The zero-order chi connectivity index (χ0) is 23.4. The second-order valence-electron chi connectivity index (χ2n) is 8.47. The van der Waals surface area contributed by atoms with E-state index >= 15 is 0 Å². The SMILES string of the molecule is Cc1cc(C)c2cc(CN(Cc3cccnc3)C(=S)N[C@H](C)c3ccccc3)c(=O)[nH]c2c1. The van der Waals surface area contributed by atoms with Crippen LogP contribution in [0.5, 0.6) is 0 Å². The van der Waals surface area contributed by atoms with Crippen molar-refractivity contribution in [2.24, 2.45) is 0 Å². The van der Waals surface area contributed by atoms with Crippen LogP contribution in [0, 0.1) is 13.8 Å². The van der Waals surface area contributed by atoms with Crippen molar-refractivity contribution in [3.8, 4) is 0 Å². The summed E-state index contributed by atoms with van der Waals surface area (Å²) in [6.45, 7) is 7.12. The topological polar surface area (TPSA) is 61.0 Å². The van der Waals surface area contributed by atoms with E-state index in [0.717, 1.165) is 33.2 Å². The lowest BCUT2D eigenvalue weighted by molar-refractivity contribution is 0.391. The average Bonchev–Trinajstić information content (AvgIpc) is 2.80. The molecule has 1 atom stereocenters. The summed E-state index contributed by atoms with van der Waals surface area (Å²) in [5.41, 5.74) is 5.88. The third kappa shape index (κ3) is 5.46. The summed E-state index contributed by atoms with van der Waals surface area (Å²) in [4.78, 5) is 22.3. The molecule has 0 unspecified atom stereocenters. The molecule has 6 heteroatoms. The zero-order valence-electron chi connectivity index (χ0n) is 19.1. The van der Waals surface area contributed by atoms with Gasteiger partial charge in [-0.15, -0.1) is 0 Å². The number of rotatable bonds is 6. The first-order chi connectivity index (χ1) is 15.9. The van der Waals surface area contributed by atoms with Gasteiger partial charge in [-0.25, -0.2) is 0 Å². The fraction of sp³-hybridized carbons (Fsp3) is 0.222. The second kappa shape index (κ2) is 9.96. The van der Waals surface area contributed by atoms with Crippen molar-refractivity contribution < 1.29 is 0 Å². The van der Waals surface area contributed by atoms with Gasteiger partial charge < -0.3 is 15.2 Å². The maximum absolute atomic E-state index is 13.0. The van der Waals surface area contributed by atoms with Crippen LogP contribution < -0.4 is 10.9 Å². The van der Waals surface area contributed by atoms with Crippen LogP contribution in [0.4, 0.5) is 0 Å². The molecule has 5 nitrogen and oxygen atoms in total. The van der Waals surface area contributed by atoms with Gasteiger partial charge in [0.05, 0.1) is 12.6 Å². The maximum Gasteiger partial charge on any atom is 0.253 e. The van der Waals surface area contributed by atoms with Gasteiger partial charge in [0, 0.05) is 35.4 Å². The molecule has 2 N–H and O–H groups in total. The van der Waals surface area contributed by atoms with E-state index in [9.17, 15) is 4.79 Å². The van der Waals surface area contributed by atoms with Gasteiger partial charge in [-0.2, -0.15) is 0 Å². The number of pyridine rings is 2. The van der Waals surface area contributed by atoms with Crippen LogP contribution in [0.25, 0.3) is 10.9 Å². The highest BCUT2D eigenvalue weighted by Gasteiger charge is 2.17. The molecule has 0 aliphatic carbocycles.